The number of amides is 1. The Morgan fingerprint density at radius 2 is 2.13 bits per heavy atom. The van der Waals surface area contributed by atoms with Gasteiger partial charge in [0, 0.05) is 13.1 Å². The molecule has 0 bridgehead atoms. The van der Waals surface area contributed by atoms with E-state index in [1.54, 1.807) is 11.0 Å². The van der Waals surface area contributed by atoms with Crippen molar-refractivity contribution >= 4 is 30.7 Å². The molecule has 9 heteroatoms. The molecule has 1 saturated heterocycles. The molecule has 2 aromatic rings. The van der Waals surface area contributed by atoms with Crippen molar-refractivity contribution in [3.05, 3.63) is 42.5 Å². The van der Waals surface area contributed by atoms with Gasteiger partial charge < -0.3 is 15.4 Å². The van der Waals surface area contributed by atoms with Gasteiger partial charge in [0.1, 0.15) is 18.7 Å². The number of carbonyl (C=O) groups excluding carboxylic acids is 1. The van der Waals surface area contributed by atoms with E-state index in [1.807, 2.05) is 24.3 Å². The predicted octanol–water partition coefficient (Wildman–Crippen LogP) is 0.715. The number of aromatic nitrogens is 3. The Bertz CT molecular complexity index is 586. The van der Waals surface area contributed by atoms with Crippen LogP contribution in [0.1, 0.15) is 5.56 Å². The summed E-state index contributed by atoms with van der Waals surface area (Å²) in [5.41, 5.74) is 1.97. The predicted molar refractivity (Wildman–Crippen MR) is 90.3 cm³/mol. The van der Waals surface area contributed by atoms with Crippen LogP contribution < -0.4 is 10.6 Å². The van der Waals surface area contributed by atoms with E-state index in [-0.39, 0.29) is 36.8 Å². The molecule has 1 atom stereocenters. The van der Waals surface area contributed by atoms with E-state index in [0.29, 0.717) is 26.3 Å². The number of hydrogen-bond acceptors (Lipinski definition) is 5. The summed E-state index contributed by atoms with van der Waals surface area (Å²) in [7, 11) is 0. The lowest BCUT2D eigenvalue weighted by molar-refractivity contribution is -0.126. The monoisotopic (exact) mass is 359 g/mol. The highest BCUT2D eigenvalue weighted by Crippen LogP contribution is 2.08. The van der Waals surface area contributed by atoms with Gasteiger partial charge >= 0.3 is 0 Å². The Morgan fingerprint density at radius 3 is 2.74 bits per heavy atom. The van der Waals surface area contributed by atoms with Gasteiger partial charge in [-0.2, -0.15) is 5.10 Å². The molecule has 0 radical (unpaired) electrons. The van der Waals surface area contributed by atoms with Crippen LogP contribution in [0.4, 0.5) is 0 Å². The van der Waals surface area contributed by atoms with Crippen molar-refractivity contribution in [1.82, 2.24) is 25.4 Å². The van der Waals surface area contributed by atoms with E-state index in [0.717, 1.165) is 11.3 Å². The Labute approximate surface area is 146 Å². The molecular formula is C14H19Cl2N5O2. The Balaban J connectivity index is 0.00000132. The molecule has 1 amide bonds. The summed E-state index contributed by atoms with van der Waals surface area (Å²) in [5.74, 6) is -0.0324. The van der Waals surface area contributed by atoms with E-state index >= 15 is 0 Å². The number of rotatable bonds is 4. The first-order chi connectivity index (χ1) is 10.3. The largest absolute Gasteiger partial charge is 0.378 e. The van der Waals surface area contributed by atoms with E-state index in [2.05, 4.69) is 20.7 Å². The zero-order valence-corrected chi connectivity index (χ0v) is 14.0. The van der Waals surface area contributed by atoms with Crippen LogP contribution >= 0.6 is 24.8 Å². The second kappa shape index (κ2) is 9.46. The average molecular weight is 360 g/mol. The molecule has 3 rings (SSSR count). The van der Waals surface area contributed by atoms with Crippen LogP contribution in [0, 0.1) is 0 Å². The van der Waals surface area contributed by atoms with Crippen LogP contribution in [0.5, 0.6) is 0 Å². The highest BCUT2D eigenvalue weighted by atomic mass is 35.5. The fourth-order valence-electron chi connectivity index (χ4n) is 2.15. The minimum atomic E-state index is -0.256. The van der Waals surface area contributed by atoms with Gasteiger partial charge in [0.05, 0.1) is 18.9 Å². The molecule has 126 valence electrons. The number of nitrogens with zero attached hydrogens (tertiary/aromatic N) is 3. The highest BCUT2D eigenvalue weighted by molar-refractivity contribution is 5.85. The SMILES string of the molecule is Cl.Cl.O=C(NCc1ccc(-n2cncn2)cc1)C1COCCN1. The van der Waals surface area contributed by atoms with E-state index in [1.165, 1.54) is 6.33 Å². The second-order valence-corrected chi connectivity index (χ2v) is 4.81. The molecule has 0 spiro atoms. The van der Waals surface area contributed by atoms with E-state index in [4.69, 9.17) is 4.74 Å². The summed E-state index contributed by atoms with van der Waals surface area (Å²) in [4.78, 5) is 15.9. The summed E-state index contributed by atoms with van der Waals surface area (Å²) >= 11 is 0. The molecule has 1 unspecified atom stereocenters. The first-order valence-corrected chi connectivity index (χ1v) is 6.86. The van der Waals surface area contributed by atoms with Crippen molar-refractivity contribution in [2.75, 3.05) is 19.8 Å². The topological polar surface area (TPSA) is 81.1 Å². The summed E-state index contributed by atoms with van der Waals surface area (Å²) in [6.45, 7) is 2.30. The van der Waals surface area contributed by atoms with Gasteiger partial charge in [-0.1, -0.05) is 12.1 Å². The number of benzene rings is 1. The lowest BCUT2D eigenvalue weighted by atomic mass is 10.2. The third kappa shape index (κ3) is 5.18. The average Bonchev–Trinajstić information content (AvgIpc) is 3.08. The van der Waals surface area contributed by atoms with E-state index < -0.39 is 0 Å². The number of halogens is 2. The Hall–Kier alpha value is -1.67. The maximum Gasteiger partial charge on any atom is 0.239 e. The Kier molecular flexibility index (Phi) is 7.97. The van der Waals surface area contributed by atoms with Crippen molar-refractivity contribution in [2.24, 2.45) is 0 Å². The van der Waals surface area contributed by atoms with Crippen LogP contribution in [0.15, 0.2) is 36.9 Å². The van der Waals surface area contributed by atoms with Gasteiger partial charge in [-0.25, -0.2) is 9.67 Å². The zero-order valence-electron chi connectivity index (χ0n) is 12.3. The lowest BCUT2D eigenvalue weighted by Crippen LogP contribution is -2.51. The van der Waals surface area contributed by atoms with Gasteiger partial charge in [-0.15, -0.1) is 24.8 Å². The van der Waals surface area contributed by atoms with Crippen LogP contribution in [0.25, 0.3) is 5.69 Å². The molecule has 1 aliphatic rings. The molecule has 1 aromatic heterocycles. The summed E-state index contributed by atoms with van der Waals surface area (Å²) in [6, 6.07) is 7.55. The van der Waals surface area contributed by atoms with Crippen LogP contribution in [-0.4, -0.2) is 46.5 Å². The molecule has 0 saturated carbocycles. The number of morpholine rings is 1. The van der Waals surface area contributed by atoms with Crippen LogP contribution in [-0.2, 0) is 16.1 Å². The summed E-state index contributed by atoms with van der Waals surface area (Å²) < 4.78 is 6.96. The van der Waals surface area contributed by atoms with Crippen LogP contribution in [0.2, 0.25) is 0 Å². The Morgan fingerprint density at radius 1 is 1.35 bits per heavy atom. The normalized spacial score (nSPS) is 16.8. The minimum absolute atomic E-state index is 0. The third-order valence-electron chi connectivity index (χ3n) is 3.32. The fourth-order valence-corrected chi connectivity index (χ4v) is 2.15. The van der Waals surface area contributed by atoms with Crippen molar-refractivity contribution in [3.8, 4) is 5.69 Å². The zero-order chi connectivity index (χ0) is 14.5. The van der Waals surface area contributed by atoms with Gasteiger partial charge in [0.2, 0.25) is 5.91 Å². The van der Waals surface area contributed by atoms with Gasteiger partial charge in [-0.3, -0.25) is 4.79 Å². The number of nitrogens with one attached hydrogen (secondary N) is 2. The molecule has 1 aliphatic heterocycles. The number of carbonyl (C=O) groups is 1. The molecule has 2 N–H and O–H groups in total. The molecule has 23 heavy (non-hydrogen) atoms. The molecular weight excluding hydrogens is 341 g/mol. The maximum absolute atomic E-state index is 11.9. The second-order valence-electron chi connectivity index (χ2n) is 4.81. The fraction of sp³-hybridized carbons (Fsp3) is 0.357. The number of ether oxygens (including phenoxy) is 1. The van der Waals surface area contributed by atoms with Crippen molar-refractivity contribution in [1.29, 1.82) is 0 Å². The van der Waals surface area contributed by atoms with Gasteiger partial charge in [0.25, 0.3) is 0 Å². The minimum Gasteiger partial charge on any atom is -0.378 e. The maximum atomic E-state index is 11.9. The van der Waals surface area contributed by atoms with E-state index in [9.17, 15) is 4.79 Å². The van der Waals surface area contributed by atoms with Crippen LogP contribution in [0.3, 0.4) is 0 Å². The molecule has 0 aliphatic carbocycles. The van der Waals surface area contributed by atoms with Crippen molar-refractivity contribution < 1.29 is 9.53 Å². The summed E-state index contributed by atoms with van der Waals surface area (Å²) in [5, 5.41) is 10.1. The lowest BCUT2D eigenvalue weighted by Gasteiger charge is -2.22. The third-order valence-corrected chi connectivity index (χ3v) is 3.32. The van der Waals surface area contributed by atoms with Gasteiger partial charge in [-0.05, 0) is 17.7 Å². The van der Waals surface area contributed by atoms with Crippen molar-refractivity contribution in [3.63, 3.8) is 0 Å². The standard InChI is InChI=1S/C14H17N5O2.2ClH/c20-14(13-8-21-6-5-16-13)17-7-11-1-3-12(4-2-11)19-10-15-9-18-19;;/h1-4,9-10,13,16H,5-8H2,(H,17,20);2*1H. The molecule has 1 fully saturated rings. The quantitative estimate of drug-likeness (QED) is 0.840. The highest BCUT2D eigenvalue weighted by Gasteiger charge is 2.20. The smallest absolute Gasteiger partial charge is 0.239 e. The van der Waals surface area contributed by atoms with Crippen molar-refractivity contribution in [2.45, 2.75) is 12.6 Å². The molecule has 1 aromatic carbocycles. The molecule has 2 heterocycles. The molecule has 7 nitrogen and oxygen atoms in total. The van der Waals surface area contributed by atoms with Gasteiger partial charge in [0.15, 0.2) is 0 Å². The summed E-state index contributed by atoms with van der Waals surface area (Å²) in [6.07, 6.45) is 3.14. The first kappa shape index (κ1) is 19.4. The number of hydrogen-bond donors (Lipinski definition) is 2. The first-order valence-electron chi connectivity index (χ1n) is 6.86.